The lowest BCUT2D eigenvalue weighted by molar-refractivity contribution is 0.0937. The normalized spacial score (nSPS) is 12.4. The Kier molecular flexibility index (Phi) is 3.53. The first-order chi connectivity index (χ1) is 8.65. The number of aromatic nitrogens is 1. The van der Waals surface area contributed by atoms with E-state index in [1.807, 2.05) is 25.1 Å². The Morgan fingerprint density at radius 3 is 3.00 bits per heavy atom. The third-order valence-corrected chi connectivity index (χ3v) is 2.82. The van der Waals surface area contributed by atoms with Crippen molar-refractivity contribution in [3.63, 3.8) is 0 Å². The van der Waals surface area contributed by atoms with Crippen molar-refractivity contribution < 1.29 is 9.53 Å². The first-order valence-corrected chi connectivity index (χ1v) is 5.82. The van der Waals surface area contributed by atoms with Crippen LogP contribution in [0.4, 0.5) is 0 Å². The van der Waals surface area contributed by atoms with Crippen LogP contribution in [0.15, 0.2) is 24.3 Å². The summed E-state index contributed by atoms with van der Waals surface area (Å²) in [7, 11) is 1.61. The molecule has 5 heteroatoms. The molecule has 96 valence electrons. The summed E-state index contributed by atoms with van der Waals surface area (Å²) in [4.78, 5) is 15.0. The van der Waals surface area contributed by atoms with Gasteiger partial charge in [0.2, 0.25) is 0 Å². The topological polar surface area (TPSA) is 80.1 Å². The lowest BCUT2D eigenvalue weighted by Gasteiger charge is -2.09. The molecule has 0 aliphatic heterocycles. The number of rotatable bonds is 4. The second kappa shape index (κ2) is 5.10. The zero-order valence-electron chi connectivity index (χ0n) is 10.5. The van der Waals surface area contributed by atoms with E-state index in [4.69, 9.17) is 10.5 Å². The van der Waals surface area contributed by atoms with Gasteiger partial charge in [0.05, 0.1) is 7.11 Å². The fourth-order valence-electron chi connectivity index (χ4n) is 1.79. The molecule has 4 N–H and O–H groups in total. The Balaban J connectivity index is 2.32. The third-order valence-electron chi connectivity index (χ3n) is 2.82. The largest absolute Gasteiger partial charge is 0.496 e. The minimum Gasteiger partial charge on any atom is -0.496 e. The van der Waals surface area contributed by atoms with Crippen molar-refractivity contribution in [3.05, 3.63) is 30.0 Å². The number of carbonyl (C=O) groups excluding carboxylic acids is 1. The van der Waals surface area contributed by atoms with Gasteiger partial charge < -0.3 is 20.8 Å². The van der Waals surface area contributed by atoms with Crippen molar-refractivity contribution in [2.45, 2.75) is 13.0 Å². The molecule has 0 saturated carbocycles. The fraction of sp³-hybridized carbons (Fsp3) is 0.308. The molecule has 1 heterocycles. The Hall–Kier alpha value is -2.01. The number of nitrogens with two attached hydrogens (primary N) is 1. The highest BCUT2D eigenvalue weighted by molar-refractivity contribution is 5.99. The first kappa shape index (κ1) is 12.4. The zero-order valence-corrected chi connectivity index (χ0v) is 10.5. The van der Waals surface area contributed by atoms with E-state index in [1.54, 1.807) is 13.2 Å². The van der Waals surface area contributed by atoms with Gasteiger partial charge in [0.1, 0.15) is 11.4 Å². The number of benzene rings is 1. The minimum absolute atomic E-state index is 0.0502. The number of aromatic amines is 1. The molecular weight excluding hydrogens is 230 g/mol. The molecule has 2 aromatic rings. The maximum absolute atomic E-state index is 11.9. The number of carbonyl (C=O) groups is 1. The van der Waals surface area contributed by atoms with Gasteiger partial charge in [-0.3, -0.25) is 4.79 Å². The highest BCUT2D eigenvalue weighted by atomic mass is 16.5. The number of methoxy groups -OCH3 is 1. The van der Waals surface area contributed by atoms with E-state index < -0.39 is 0 Å². The summed E-state index contributed by atoms with van der Waals surface area (Å²) in [6, 6.07) is 7.38. The smallest absolute Gasteiger partial charge is 0.267 e. The van der Waals surface area contributed by atoms with E-state index in [2.05, 4.69) is 10.3 Å². The van der Waals surface area contributed by atoms with Crippen LogP contribution in [0.5, 0.6) is 5.75 Å². The molecule has 1 amide bonds. The Bertz CT molecular complexity index is 562. The summed E-state index contributed by atoms with van der Waals surface area (Å²) in [6.07, 6.45) is 0. The van der Waals surface area contributed by atoms with Crippen LogP contribution in [0, 0.1) is 0 Å². The van der Waals surface area contributed by atoms with Crippen LogP contribution in [-0.2, 0) is 0 Å². The third kappa shape index (κ3) is 2.31. The summed E-state index contributed by atoms with van der Waals surface area (Å²) in [5.74, 6) is 0.584. The molecule has 0 spiro atoms. The Labute approximate surface area is 105 Å². The second-order valence-corrected chi connectivity index (χ2v) is 4.21. The zero-order chi connectivity index (χ0) is 13.1. The number of ether oxygens (including phenoxy) is 1. The molecule has 0 saturated heterocycles. The van der Waals surface area contributed by atoms with Crippen molar-refractivity contribution in [3.8, 4) is 5.75 Å². The molecule has 1 unspecified atom stereocenters. The molecular formula is C13H17N3O2. The summed E-state index contributed by atoms with van der Waals surface area (Å²) in [5, 5.41) is 3.70. The maximum atomic E-state index is 11.9. The van der Waals surface area contributed by atoms with Crippen LogP contribution >= 0.6 is 0 Å². The van der Waals surface area contributed by atoms with E-state index in [0.717, 1.165) is 16.7 Å². The molecule has 0 bridgehead atoms. The predicted molar refractivity (Wildman–Crippen MR) is 70.8 cm³/mol. The Morgan fingerprint density at radius 2 is 2.33 bits per heavy atom. The van der Waals surface area contributed by atoms with Gasteiger partial charge in [0, 0.05) is 23.5 Å². The number of H-pyrrole nitrogens is 1. The summed E-state index contributed by atoms with van der Waals surface area (Å²) in [6.45, 7) is 2.27. The lowest BCUT2D eigenvalue weighted by Crippen LogP contribution is -2.37. The highest BCUT2D eigenvalue weighted by Gasteiger charge is 2.13. The molecule has 0 aliphatic carbocycles. The van der Waals surface area contributed by atoms with Crippen LogP contribution in [0.3, 0.4) is 0 Å². The van der Waals surface area contributed by atoms with E-state index in [-0.39, 0.29) is 11.9 Å². The van der Waals surface area contributed by atoms with Crippen molar-refractivity contribution in [1.82, 2.24) is 10.3 Å². The van der Waals surface area contributed by atoms with Gasteiger partial charge in [-0.1, -0.05) is 6.07 Å². The molecule has 18 heavy (non-hydrogen) atoms. The highest BCUT2D eigenvalue weighted by Crippen LogP contribution is 2.25. The van der Waals surface area contributed by atoms with Crippen molar-refractivity contribution in [2.24, 2.45) is 5.73 Å². The summed E-state index contributed by atoms with van der Waals surface area (Å²) in [5.41, 5.74) is 6.86. The molecule has 0 fully saturated rings. The van der Waals surface area contributed by atoms with Crippen molar-refractivity contribution in [1.29, 1.82) is 0 Å². The van der Waals surface area contributed by atoms with Gasteiger partial charge in [0.15, 0.2) is 0 Å². The average molecular weight is 247 g/mol. The molecule has 1 aromatic carbocycles. The average Bonchev–Trinajstić information content (AvgIpc) is 2.82. The van der Waals surface area contributed by atoms with Gasteiger partial charge in [-0.25, -0.2) is 0 Å². The Morgan fingerprint density at radius 1 is 1.56 bits per heavy atom. The number of hydrogen-bond acceptors (Lipinski definition) is 3. The minimum atomic E-state index is -0.161. The first-order valence-electron chi connectivity index (χ1n) is 5.82. The van der Waals surface area contributed by atoms with E-state index in [0.29, 0.717) is 12.2 Å². The van der Waals surface area contributed by atoms with E-state index in [9.17, 15) is 4.79 Å². The molecule has 0 radical (unpaired) electrons. The standard InChI is InChI=1S/C13H17N3O2/c1-8(7-14)15-13(17)11-6-9-10(16-11)4-3-5-12(9)18-2/h3-6,8,16H,7,14H2,1-2H3,(H,15,17). The lowest BCUT2D eigenvalue weighted by atomic mass is 10.2. The van der Waals surface area contributed by atoms with E-state index >= 15 is 0 Å². The van der Waals surface area contributed by atoms with Gasteiger partial charge >= 0.3 is 0 Å². The van der Waals surface area contributed by atoms with Gasteiger partial charge in [0.25, 0.3) is 5.91 Å². The predicted octanol–water partition coefficient (Wildman–Crippen LogP) is 1.25. The summed E-state index contributed by atoms with van der Waals surface area (Å²) >= 11 is 0. The van der Waals surface area contributed by atoms with Crippen LogP contribution in [0.1, 0.15) is 17.4 Å². The quantitative estimate of drug-likeness (QED) is 0.760. The van der Waals surface area contributed by atoms with Crippen molar-refractivity contribution in [2.75, 3.05) is 13.7 Å². The number of amides is 1. The van der Waals surface area contributed by atoms with Crippen LogP contribution < -0.4 is 15.8 Å². The number of nitrogens with one attached hydrogen (secondary N) is 2. The summed E-state index contributed by atoms with van der Waals surface area (Å²) < 4.78 is 5.25. The number of fused-ring (bicyclic) bond motifs is 1. The van der Waals surface area contributed by atoms with Gasteiger partial charge in [-0.2, -0.15) is 0 Å². The van der Waals surface area contributed by atoms with Crippen LogP contribution in [-0.4, -0.2) is 30.6 Å². The second-order valence-electron chi connectivity index (χ2n) is 4.21. The molecule has 0 aliphatic rings. The molecule has 1 atom stereocenters. The van der Waals surface area contributed by atoms with Gasteiger partial charge in [-0.15, -0.1) is 0 Å². The fourth-order valence-corrected chi connectivity index (χ4v) is 1.79. The number of hydrogen-bond donors (Lipinski definition) is 3. The van der Waals surface area contributed by atoms with Crippen LogP contribution in [0.2, 0.25) is 0 Å². The van der Waals surface area contributed by atoms with Gasteiger partial charge in [-0.05, 0) is 25.1 Å². The maximum Gasteiger partial charge on any atom is 0.267 e. The SMILES string of the molecule is COc1cccc2[nH]c(C(=O)NC(C)CN)cc12. The van der Waals surface area contributed by atoms with Crippen molar-refractivity contribution >= 4 is 16.8 Å². The monoisotopic (exact) mass is 247 g/mol. The molecule has 2 rings (SSSR count). The van der Waals surface area contributed by atoms with Crippen LogP contribution in [0.25, 0.3) is 10.9 Å². The molecule has 1 aromatic heterocycles. The molecule has 5 nitrogen and oxygen atoms in total. The van der Waals surface area contributed by atoms with E-state index in [1.165, 1.54) is 0 Å².